The third-order valence-corrected chi connectivity index (χ3v) is 5.62. The van der Waals surface area contributed by atoms with Crippen molar-refractivity contribution in [3.05, 3.63) is 60.2 Å². The summed E-state index contributed by atoms with van der Waals surface area (Å²) in [6, 6.07) is 17.4. The molecule has 31 heavy (non-hydrogen) atoms. The van der Waals surface area contributed by atoms with Crippen LogP contribution in [0, 0.1) is 11.3 Å². The van der Waals surface area contributed by atoms with E-state index in [4.69, 9.17) is 14.6 Å². The van der Waals surface area contributed by atoms with Gasteiger partial charge < -0.3 is 9.47 Å². The first kappa shape index (κ1) is 22.3. The molecule has 0 saturated carbocycles. The van der Waals surface area contributed by atoms with Gasteiger partial charge in [0.25, 0.3) is 0 Å². The van der Waals surface area contributed by atoms with E-state index in [-0.39, 0.29) is 16.3 Å². The number of hydrogen-bond donors (Lipinski definition) is 1. The zero-order chi connectivity index (χ0) is 22.4. The lowest BCUT2D eigenvalue weighted by molar-refractivity contribution is 0.309. The normalized spacial score (nSPS) is 11.0. The van der Waals surface area contributed by atoms with Gasteiger partial charge >= 0.3 is 0 Å². The Balaban J connectivity index is 2.08. The highest BCUT2D eigenvalue weighted by molar-refractivity contribution is 7.89. The topological polar surface area (TPSA) is 115 Å². The maximum Gasteiger partial charge on any atom is 0.238 e. The number of nitriles is 1. The molecule has 2 N–H and O–H groups in total. The summed E-state index contributed by atoms with van der Waals surface area (Å²) in [6.45, 7) is 2.76. The largest absolute Gasteiger partial charge is 0.494 e. The van der Waals surface area contributed by atoms with E-state index >= 15 is 0 Å². The molecular weight excluding hydrogens is 414 g/mol. The van der Waals surface area contributed by atoms with Crippen molar-refractivity contribution in [2.45, 2.75) is 24.7 Å². The van der Waals surface area contributed by atoms with Gasteiger partial charge in [0, 0.05) is 11.1 Å². The van der Waals surface area contributed by atoms with Crippen molar-refractivity contribution in [3.8, 4) is 40.1 Å². The number of pyridine rings is 1. The van der Waals surface area contributed by atoms with Crippen molar-refractivity contribution in [2.24, 2.45) is 5.14 Å². The average Bonchev–Trinajstić information content (AvgIpc) is 2.78. The summed E-state index contributed by atoms with van der Waals surface area (Å²) in [7, 11) is -2.35. The number of ether oxygens (including phenoxy) is 2. The van der Waals surface area contributed by atoms with Gasteiger partial charge in [-0.3, -0.25) is 0 Å². The summed E-state index contributed by atoms with van der Waals surface area (Å²) < 4.78 is 34.2. The van der Waals surface area contributed by atoms with Crippen LogP contribution < -0.4 is 14.6 Å². The Hall–Kier alpha value is -3.41. The van der Waals surface area contributed by atoms with Crippen molar-refractivity contribution in [1.29, 1.82) is 5.26 Å². The Morgan fingerprint density at radius 2 is 1.71 bits per heavy atom. The number of methoxy groups -OCH3 is 1. The number of hydrogen-bond acceptors (Lipinski definition) is 6. The fraction of sp³-hybridized carbons (Fsp3) is 0.217. The lowest BCUT2D eigenvalue weighted by atomic mass is 9.98. The van der Waals surface area contributed by atoms with Gasteiger partial charge in [-0.15, -0.1) is 0 Å². The Morgan fingerprint density at radius 3 is 2.26 bits per heavy atom. The Morgan fingerprint density at radius 1 is 1.06 bits per heavy atom. The molecular formula is C23H23N3O4S. The maximum atomic E-state index is 11.6. The van der Waals surface area contributed by atoms with Gasteiger partial charge in [0.1, 0.15) is 17.4 Å². The Bertz CT molecular complexity index is 1200. The summed E-state index contributed by atoms with van der Waals surface area (Å²) in [5.41, 5.74) is 3.03. The van der Waals surface area contributed by atoms with Gasteiger partial charge in [0.05, 0.1) is 24.3 Å². The molecule has 3 aromatic rings. The summed E-state index contributed by atoms with van der Waals surface area (Å²) in [4.78, 5) is 4.56. The number of aromatic nitrogens is 1. The minimum atomic E-state index is -3.80. The van der Waals surface area contributed by atoms with E-state index in [0.29, 0.717) is 23.4 Å². The predicted molar refractivity (Wildman–Crippen MR) is 118 cm³/mol. The molecule has 0 atom stereocenters. The number of unbranched alkanes of at least 4 members (excludes halogenated alkanes) is 1. The summed E-state index contributed by atoms with van der Waals surface area (Å²) >= 11 is 0. The van der Waals surface area contributed by atoms with Crippen molar-refractivity contribution < 1.29 is 17.9 Å². The summed E-state index contributed by atoms with van der Waals surface area (Å²) in [5.74, 6) is 0.975. The molecule has 1 heterocycles. The number of nitrogens with zero attached hydrogens (tertiary/aromatic N) is 2. The molecule has 0 saturated heterocycles. The van der Waals surface area contributed by atoms with Crippen molar-refractivity contribution in [2.75, 3.05) is 13.7 Å². The first-order valence-corrected chi connectivity index (χ1v) is 11.3. The second-order valence-electron chi connectivity index (χ2n) is 6.85. The second-order valence-corrected chi connectivity index (χ2v) is 8.41. The molecule has 0 amide bonds. The lowest BCUT2D eigenvalue weighted by Crippen LogP contribution is -2.11. The molecule has 0 bridgehead atoms. The van der Waals surface area contributed by atoms with Crippen LogP contribution in [0.15, 0.2) is 59.5 Å². The molecule has 8 heteroatoms. The molecule has 7 nitrogen and oxygen atoms in total. The van der Waals surface area contributed by atoms with E-state index in [1.54, 1.807) is 18.2 Å². The van der Waals surface area contributed by atoms with E-state index in [0.717, 1.165) is 24.2 Å². The Kier molecular flexibility index (Phi) is 6.90. The summed E-state index contributed by atoms with van der Waals surface area (Å²) in [5, 5.41) is 14.7. The SMILES string of the molecule is CCCCOc1ccc(-c2nc(OC)c(C#N)cc2-c2ccc(S(N)(=O)=O)cc2)cc1. The molecule has 0 radical (unpaired) electrons. The molecule has 0 aliphatic carbocycles. The van der Waals surface area contributed by atoms with Crippen LogP contribution in [-0.4, -0.2) is 27.1 Å². The van der Waals surface area contributed by atoms with Crippen molar-refractivity contribution in [1.82, 2.24) is 4.98 Å². The molecule has 160 valence electrons. The van der Waals surface area contributed by atoms with Gasteiger partial charge in [-0.25, -0.2) is 18.5 Å². The molecule has 0 spiro atoms. The third-order valence-electron chi connectivity index (χ3n) is 4.69. The highest BCUT2D eigenvalue weighted by Crippen LogP contribution is 2.35. The zero-order valence-corrected chi connectivity index (χ0v) is 18.1. The van der Waals surface area contributed by atoms with Crippen molar-refractivity contribution in [3.63, 3.8) is 0 Å². The van der Waals surface area contributed by atoms with Gasteiger partial charge in [-0.1, -0.05) is 25.5 Å². The molecule has 0 unspecified atom stereocenters. The lowest BCUT2D eigenvalue weighted by Gasteiger charge is -2.13. The number of primary sulfonamides is 1. The highest BCUT2D eigenvalue weighted by Gasteiger charge is 2.17. The van der Waals surface area contributed by atoms with E-state index in [9.17, 15) is 13.7 Å². The van der Waals surface area contributed by atoms with E-state index in [2.05, 4.69) is 18.0 Å². The molecule has 2 aromatic carbocycles. The Labute approximate surface area is 182 Å². The standard InChI is InChI=1S/C23H23N3O4S/c1-3-4-13-30-19-9-5-17(6-10-19)22-21(14-18(15-24)23(26-22)29-2)16-7-11-20(12-8-16)31(25,27)28/h5-12,14H,3-4,13H2,1-2H3,(H2,25,27,28). The van der Waals surface area contributed by atoms with Crippen molar-refractivity contribution >= 4 is 10.0 Å². The third kappa shape index (κ3) is 5.20. The monoisotopic (exact) mass is 437 g/mol. The maximum absolute atomic E-state index is 11.6. The van der Waals surface area contributed by atoms with Gasteiger partial charge in [0.2, 0.25) is 15.9 Å². The van der Waals surface area contributed by atoms with E-state index in [1.165, 1.54) is 19.2 Å². The van der Waals surface area contributed by atoms with Crippen LogP contribution in [0.4, 0.5) is 0 Å². The van der Waals surface area contributed by atoms with Crippen LogP contribution in [0.1, 0.15) is 25.3 Å². The quantitative estimate of drug-likeness (QED) is 0.530. The molecule has 1 aromatic heterocycles. The van der Waals surface area contributed by atoms with Gasteiger partial charge in [0.15, 0.2) is 0 Å². The van der Waals surface area contributed by atoms with Crippen LogP contribution in [0.3, 0.4) is 0 Å². The van der Waals surface area contributed by atoms with Gasteiger partial charge in [-0.05, 0) is 54.4 Å². The van der Waals surface area contributed by atoms with Crippen LogP contribution in [-0.2, 0) is 10.0 Å². The van der Waals surface area contributed by atoms with Gasteiger partial charge in [-0.2, -0.15) is 5.26 Å². The minimum absolute atomic E-state index is 0.00774. The molecule has 3 rings (SSSR count). The first-order valence-electron chi connectivity index (χ1n) is 9.73. The van der Waals surface area contributed by atoms with E-state index in [1.807, 2.05) is 24.3 Å². The first-order chi connectivity index (χ1) is 14.9. The fourth-order valence-electron chi connectivity index (χ4n) is 3.04. The fourth-order valence-corrected chi connectivity index (χ4v) is 3.56. The summed E-state index contributed by atoms with van der Waals surface area (Å²) in [6.07, 6.45) is 2.04. The zero-order valence-electron chi connectivity index (χ0n) is 17.3. The van der Waals surface area contributed by atoms with Crippen LogP contribution >= 0.6 is 0 Å². The molecule has 0 aliphatic rings. The number of rotatable bonds is 8. The van der Waals surface area contributed by atoms with Crippen LogP contribution in [0.2, 0.25) is 0 Å². The smallest absolute Gasteiger partial charge is 0.238 e. The average molecular weight is 438 g/mol. The number of benzene rings is 2. The van der Waals surface area contributed by atoms with E-state index < -0.39 is 10.0 Å². The molecule has 0 aliphatic heterocycles. The van der Waals surface area contributed by atoms with Crippen LogP contribution in [0.25, 0.3) is 22.4 Å². The predicted octanol–water partition coefficient (Wildman–Crippen LogP) is 4.12. The number of sulfonamides is 1. The van der Waals surface area contributed by atoms with Crippen LogP contribution in [0.5, 0.6) is 11.6 Å². The number of nitrogens with two attached hydrogens (primary N) is 1. The second kappa shape index (κ2) is 9.60. The minimum Gasteiger partial charge on any atom is -0.494 e. The highest BCUT2D eigenvalue weighted by atomic mass is 32.2. The molecule has 0 fully saturated rings.